The van der Waals surface area contributed by atoms with Crippen LogP contribution in [0.25, 0.3) is 0 Å². The number of alkyl halides is 3. The van der Waals surface area contributed by atoms with Gasteiger partial charge in [0.15, 0.2) is 0 Å². The third-order valence-electron chi connectivity index (χ3n) is 6.79. The van der Waals surface area contributed by atoms with Crippen molar-refractivity contribution in [2.24, 2.45) is 0 Å². The molecule has 0 fully saturated rings. The zero-order chi connectivity index (χ0) is 31.9. The van der Waals surface area contributed by atoms with E-state index in [1.807, 2.05) is 13.8 Å². The Kier molecular flexibility index (Phi) is 11.5. The second-order valence-corrected chi connectivity index (χ2v) is 12.8. The summed E-state index contributed by atoms with van der Waals surface area (Å²) in [5.41, 5.74) is -0.440. The van der Waals surface area contributed by atoms with Crippen LogP contribution in [0.5, 0.6) is 0 Å². The SMILES string of the molecule is CC[C@H](C)NC(=O)[C@@H](Cc1ccccc1)N(Cc1ccccc1Cl)C(=O)CN(c1ccc(Cl)c(C(F)(F)F)c1)S(C)(=O)=O. The minimum Gasteiger partial charge on any atom is -0.352 e. The predicted molar refractivity (Wildman–Crippen MR) is 162 cm³/mol. The summed E-state index contributed by atoms with van der Waals surface area (Å²) in [6.07, 6.45) is -3.40. The van der Waals surface area contributed by atoms with E-state index in [1.54, 1.807) is 54.6 Å². The van der Waals surface area contributed by atoms with Gasteiger partial charge in [-0.3, -0.25) is 13.9 Å². The second kappa shape index (κ2) is 14.5. The number of carbonyl (C=O) groups is 2. The smallest absolute Gasteiger partial charge is 0.352 e. The predicted octanol–water partition coefficient (Wildman–Crippen LogP) is 6.33. The molecular formula is C30H32Cl2F3N3O4S. The molecule has 1 N–H and O–H groups in total. The highest BCUT2D eigenvalue weighted by Crippen LogP contribution is 2.37. The second-order valence-electron chi connectivity index (χ2n) is 10.1. The molecule has 3 aromatic rings. The van der Waals surface area contributed by atoms with Crippen LogP contribution in [0.4, 0.5) is 18.9 Å². The molecule has 3 aromatic carbocycles. The lowest BCUT2D eigenvalue weighted by Crippen LogP contribution is -2.54. The Balaban J connectivity index is 2.12. The van der Waals surface area contributed by atoms with Gasteiger partial charge in [0.25, 0.3) is 0 Å². The molecule has 0 aliphatic heterocycles. The van der Waals surface area contributed by atoms with Gasteiger partial charge >= 0.3 is 6.18 Å². The van der Waals surface area contributed by atoms with Crippen LogP contribution in [-0.4, -0.2) is 50.0 Å². The zero-order valence-corrected chi connectivity index (χ0v) is 26.1. The molecule has 0 radical (unpaired) electrons. The van der Waals surface area contributed by atoms with Gasteiger partial charge in [0, 0.05) is 24.0 Å². The van der Waals surface area contributed by atoms with E-state index in [2.05, 4.69) is 5.32 Å². The number of carbonyl (C=O) groups excluding carboxylic acids is 2. The fraction of sp³-hybridized carbons (Fsp3) is 0.333. The van der Waals surface area contributed by atoms with E-state index in [-0.39, 0.29) is 19.0 Å². The maximum absolute atomic E-state index is 14.1. The number of nitrogens with zero attached hydrogens (tertiary/aromatic N) is 2. The Hall–Kier alpha value is -3.28. The Morgan fingerprint density at radius 2 is 1.58 bits per heavy atom. The molecule has 0 aromatic heterocycles. The summed E-state index contributed by atoms with van der Waals surface area (Å²) in [7, 11) is -4.28. The van der Waals surface area contributed by atoms with Crippen molar-refractivity contribution in [2.75, 3.05) is 17.1 Å². The van der Waals surface area contributed by atoms with E-state index in [4.69, 9.17) is 23.2 Å². The molecule has 0 unspecified atom stereocenters. The summed E-state index contributed by atoms with van der Waals surface area (Å²) in [6.45, 7) is 2.64. The Labute approximate surface area is 259 Å². The van der Waals surface area contributed by atoms with Gasteiger partial charge in [-0.15, -0.1) is 0 Å². The minimum atomic E-state index is -4.87. The fourth-order valence-corrected chi connectivity index (χ4v) is 5.57. The normalized spacial score (nSPS) is 13.2. The number of nitrogens with one attached hydrogen (secondary N) is 1. The first-order valence-electron chi connectivity index (χ1n) is 13.3. The van der Waals surface area contributed by atoms with Crippen LogP contribution in [0.3, 0.4) is 0 Å². The van der Waals surface area contributed by atoms with E-state index in [9.17, 15) is 31.2 Å². The van der Waals surface area contributed by atoms with Crippen molar-refractivity contribution in [2.45, 2.75) is 51.5 Å². The molecule has 0 heterocycles. The lowest BCUT2D eigenvalue weighted by atomic mass is 10.0. The summed E-state index contributed by atoms with van der Waals surface area (Å²) in [5, 5.41) is 2.58. The molecule has 13 heteroatoms. The fourth-order valence-electron chi connectivity index (χ4n) is 4.30. The van der Waals surface area contributed by atoms with Crippen LogP contribution >= 0.6 is 23.2 Å². The molecule has 0 saturated heterocycles. The average molecular weight is 659 g/mol. The van der Waals surface area contributed by atoms with Gasteiger partial charge in [-0.1, -0.05) is 78.7 Å². The summed E-state index contributed by atoms with van der Waals surface area (Å²) in [5.74, 6) is -1.30. The van der Waals surface area contributed by atoms with Crippen molar-refractivity contribution < 1.29 is 31.2 Å². The molecule has 2 amide bonds. The van der Waals surface area contributed by atoms with Gasteiger partial charge in [0.1, 0.15) is 12.6 Å². The standard InChI is InChI=1S/C30H32Cl2F3N3O4S/c1-4-20(2)36-29(40)27(16-21-10-6-5-7-11-21)37(18-22-12-8-9-13-25(22)31)28(39)19-38(43(3,41)42)23-14-15-26(32)24(17-23)30(33,34)35/h5-15,17,20,27H,4,16,18-19H2,1-3H3,(H,36,40)/t20-,27+/m0/s1. The number of amides is 2. The first kappa shape index (κ1) is 34.2. The van der Waals surface area contributed by atoms with Crippen LogP contribution in [0, 0.1) is 0 Å². The summed E-state index contributed by atoms with van der Waals surface area (Å²) in [4.78, 5) is 29.0. The van der Waals surface area contributed by atoms with E-state index < -0.39 is 56.9 Å². The van der Waals surface area contributed by atoms with Gasteiger partial charge in [0.05, 0.1) is 22.5 Å². The molecule has 0 aliphatic rings. The first-order chi connectivity index (χ1) is 20.1. The van der Waals surface area contributed by atoms with Crippen molar-refractivity contribution in [3.05, 3.63) is 99.5 Å². The number of anilines is 1. The largest absolute Gasteiger partial charge is 0.417 e. The Morgan fingerprint density at radius 3 is 2.16 bits per heavy atom. The molecule has 3 rings (SSSR count). The van der Waals surface area contributed by atoms with Crippen molar-refractivity contribution in [1.29, 1.82) is 0 Å². The maximum Gasteiger partial charge on any atom is 0.417 e. The van der Waals surface area contributed by atoms with E-state index in [0.29, 0.717) is 27.4 Å². The lowest BCUT2D eigenvalue weighted by Gasteiger charge is -2.34. The van der Waals surface area contributed by atoms with Crippen molar-refractivity contribution in [3.63, 3.8) is 0 Å². The topological polar surface area (TPSA) is 86.8 Å². The molecule has 2 atom stereocenters. The molecule has 232 valence electrons. The van der Waals surface area contributed by atoms with Crippen molar-refractivity contribution in [3.8, 4) is 0 Å². The number of benzene rings is 3. The van der Waals surface area contributed by atoms with Gasteiger partial charge in [0.2, 0.25) is 21.8 Å². The molecule has 7 nitrogen and oxygen atoms in total. The Morgan fingerprint density at radius 1 is 0.953 bits per heavy atom. The average Bonchev–Trinajstić information content (AvgIpc) is 2.94. The van der Waals surface area contributed by atoms with Crippen LogP contribution in [-0.2, 0) is 38.8 Å². The monoisotopic (exact) mass is 657 g/mol. The quantitative estimate of drug-likeness (QED) is 0.247. The van der Waals surface area contributed by atoms with Crippen LogP contribution in [0.15, 0.2) is 72.8 Å². The molecule has 43 heavy (non-hydrogen) atoms. The van der Waals surface area contributed by atoms with Gasteiger partial charge in [-0.2, -0.15) is 13.2 Å². The summed E-state index contributed by atoms with van der Waals surface area (Å²) in [6, 6.07) is 16.8. The minimum absolute atomic E-state index is 0.0807. The highest BCUT2D eigenvalue weighted by molar-refractivity contribution is 7.92. The number of rotatable bonds is 12. The van der Waals surface area contributed by atoms with Gasteiger partial charge in [-0.25, -0.2) is 8.42 Å². The van der Waals surface area contributed by atoms with E-state index in [1.165, 1.54) is 4.90 Å². The molecule has 0 saturated carbocycles. The third kappa shape index (κ3) is 9.35. The highest BCUT2D eigenvalue weighted by Gasteiger charge is 2.36. The number of halogens is 5. The highest BCUT2D eigenvalue weighted by atomic mass is 35.5. The molecular weight excluding hydrogens is 626 g/mol. The number of hydrogen-bond acceptors (Lipinski definition) is 4. The van der Waals surface area contributed by atoms with Crippen molar-refractivity contribution >= 4 is 50.7 Å². The lowest BCUT2D eigenvalue weighted by molar-refractivity contribution is -0.140. The Bertz CT molecular complexity index is 1540. The molecule has 0 spiro atoms. The van der Waals surface area contributed by atoms with E-state index >= 15 is 0 Å². The summed E-state index contributed by atoms with van der Waals surface area (Å²) < 4.78 is 67.1. The van der Waals surface area contributed by atoms with Gasteiger partial charge in [-0.05, 0) is 48.7 Å². The van der Waals surface area contributed by atoms with Crippen LogP contribution in [0.2, 0.25) is 10.0 Å². The van der Waals surface area contributed by atoms with E-state index in [0.717, 1.165) is 24.0 Å². The third-order valence-corrected chi connectivity index (χ3v) is 8.63. The summed E-state index contributed by atoms with van der Waals surface area (Å²) >= 11 is 12.2. The number of hydrogen-bond donors (Lipinski definition) is 1. The molecule has 0 bridgehead atoms. The maximum atomic E-state index is 14.1. The van der Waals surface area contributed by atoms with Crippen LogP contribution < -0.4 is 9.62 Å². The number of sulfonamides is 1. The first-order valence-corrected chi connectivity index (χ1v) is 15.9. The van der Waals surface area contributed by atoms with Gasteiger partial charge < -0.3 is 10.2 Å². The molecule has 0 aliphatic carbocycles. The van der Waals surface area contributed by atoms with Crippen molar-refractivity contribution in [1.82, 2.24) is 10.2 Å². The van der Waals surface area contributed by atoms with Crippen LogP contribution in [0.1, 0.15) is 37.0 Å². The zero-order valence-electron chi connectivity index (χ0n) is 23.7.